The van der Waals surface area contributed by atoms with Crippen LogP contribution in [0.1, 0.15) is 26.7 Å². The summed E-state index contributed by atoms with van der Waals surface area (Å²) in [5, 5.41) is 3.30. The molecule has 12 heavy (non-hydrogen) atoms. The third-order valence-corrected chi connectivity index (χ3v) is 2.20. The number of hydrogen-bond donors (Lipinski definition) is 1. The van der Waals surface area contributed by atoms with Gasteiger partial charge in [0.05, 0.1) is 0 Å². The largest absolute Gasteiger partial charge is 0.341 e. The number of carbonyl (C=O) groups is 1. The maximum absolute atomic E-state index is 11.3. The Balaban J connectivity index is 2.34. The Kier molecular flexibility index (Phi) is 3.53. The van der Waals surface area contributed by atoms with E-state index in [2.05, 4.69) is 19.2 Å². The van der Waals surface area contributed by atoms with Gasteiger partial charge in [0.25, 0.3) is 0 Å². The number of nitrogens with zero attached hydrogens (tertiary/aromatic N) is 1. The van der Waals surface area contributed by atoms with Crippen molar-refractivity contribution >= 4 is 5.91 Å². The molecule has 1 unspecified atom stereocenters. The average Bonchev–Trinajstić information content (AvgIpc) is 2.34. The van der Waals surface area contributed by atoms with Gasteiger partial charge in [-0.2, -0.15) is 0 Å². The predicted molar refractivity (Wildman–Crippen MR) is 49.0 cm³/mol. The smallest absolute Gasteiger partial charge is 0.224 e. The van der Waals surface area contributed by atoms with Crippen molar-refractivity contribution in [3.8, 4) is 0 Å². The number of amides is 1. The van der Waals surface area contributed by atoms with Crippen molar-refractivity contribution in [3.05, 3.63) is 0 Å². The summed E-state index contributed by atoms with van der Waals surface area (Å²) in [4.78, 5) is 13.3. The number of carbonyl (C=O) groups excluding carboxylic acids is 1. The van der Waals surface area contributed by atoms with Crippen LogP contribution < -0.4 is 5.32 Å². The van der Waals surface area contributed by atoms with Crippen LogP contribution in [0.5, 0.6) is 0 Å². The van der Waals surface area contributed by atoms with E-state index in [1.165, 1.54) is 0 Å². The molecule has 0 aliphatic carbocycles. The molecule has 0 aromatic carbocycles. The van der Waals surface area contributed by atoms with Gasteiger partial charge in [0.2, 0.25) is 5.91 Å². The zero-order valence-electron chi connectivity index (χ0n) is 7.97. The van der Waals surface area contributed by atoms with Gasteiger partial charge >= 0.3 is 0 Å². The lowest BCUT2D eigenvalue weighted by atomic mass is 10.2. The second-order valence-corrected chi connectivity index (χ2v) is 3.30. The maximum atomic E-state index is 11.3. The molecule has 3 heteroatoms. The number of nitrogens with one attached hydrogen (secondary N) is 1. The molecule has 70 valence electrons. The van der Waals surface area contributed by atoms with E-state index in [1.54, 1.807) is 0 Å². The predicted octanol–water partition coefficient (Wildman–Crippen LogP) is 0.607. The topological polar surface area (TPSA) is 32.3 Å². The van der Waals surface area contributed by atoms with E-state index in [0.29, 0.717) is 18.4 Å². The summed E-state index contributed by atoms with van der Waals surface area (Å²) < 4.78 is 0. The lowest BCUT2D eigenvalue weighted by Crippen LogP contribution is -2.32. The molecule has 0 aromatic heterocycles. The van der Waals surface area contributed by atoms with E-state index >= 15 is 0 Å². The highest BCUT2D eigenvalue weighted by atomic mass is 16.2. The molecule has 1 rings (SSSR count). The van der Waals surface area contributed by atoms with Gasteiger partial charge in [-0.15, -0.1) is 0 Å². The van der Waals surface area contributed by atoms with E-state index < -0.39 is 0 Å². The van der Waals surface area contributed by atoms with Gasteiger partial charge in [-0.05, 0) is 13.0 Å². The molecule has 0 radical (unpaired) electrons. The summed E-state index contributed by atoms with van der Waals surface area (Å²) in [6, 6.07) is 0.397. The fourth-order valence-electron chi connectivity index (χ4n) is 1.68. The summed E-state index contributed by atoms with van der Waals surface area (Å²) >= 11 is 0. The molecule has 0 bridgehead atoms. The molecule has 1 atom stereocenters. The SMILES string of the molecule is CCCN1CC(NCC)CC1=O. The monoisotopic (exact) mass is 170 g/mol. The van der Waals surface area contributed by atoms with Crippen LogP contribution in [0.3, 0.4) is 0 Å². The molecule has 0 saturated carbocycles. The minimum atomic E-state index is 0.308. The average molecular weight is 170 g/mol. The Morgan fingerprint density at radius 2 is 2.33 bits per heavy atom. The molecule has 1 amide bonds. The van der Waals surface area contributed by atoms with Crippen LogP contribution in [0, 0.1) is 0 Å². The Morgan fingerprint density at radius 3 is 2.92 bits per heavy atom. The van der Waals surface area contributed by atoms with Crippen molar-refractivity contribution in [2.45, 2.75) is 32.7 Å². The second-order valence-electron chi connectivity index (χ2n) is 3.30. The first kappa shape index (κ1) is 9.52. The van der Waals surface area contributed by atoms with Crippen LogP contribution in [0.2, 0.25) is 0 Å². The molecule has 0 aromatic rings. The van der Waals surface area contributed by atoms with E-state index in [0.717, 1.165) is 26.1 Å². The summed E-state index contributed by atoms with van der Waals surface area (Å²) in [5.41, 5.74) is 0. The Morgan fingerprint density at radius 1 is 1.58 bits per heavy atom. The van der Waals surface area contributed by atoms with Crippen molar-refractivity contribution in [3.63, 3.8) is 0 Å². The van der Waals surface area contributed by atoms with Crippen LogP contribution in [0.25, 0.3) is 0 Å². The van der Waals surface area contributed by atoms with Crippen LogP contribution in [-0.2, 0) is 4.79 Å². The van der Waals surface area contributed by atoms with Gasteiger partial charge < -0.3 is 10.2 Å². The van der Waals surface area contributed by atoms with Crippen LogP contribution in [0.15, 0.2) is 0 Å². The zero-order valence-corrected chi connectivity index (χ0v) is 7.97. The van der Waals surface area contributed by atoms with Crippen molar-refractivity contribution < 1.29 is 4.79 Å². The van der Waals surface area contributed by atoms with Gasteiger partial charge in [-0.3, -0.25) is 4.79 Å². The van der Waals surface area contributed by atoms with E-state index in [9.17, 15) is 4.79 Å². The Labute approximate surface area is 74.1 Å². The third kappa shape index (κ3) is 2.21. The first-order valence-corrected chi connectivity index (χ1v) is 4.79. The minimum Gasteiger partial charge on any atom is -0.341 e. The Bertz CT molecular complexity index is 159. The molecule has 1 N–H and O–H groups in total. The Hall–Kier alpha value is -0.570. The number of likely N-dealkylation sites (N-methyl/N-ethyl adjacent to an activating group) is 1. The van der Waals surface area contributed by atoms with Gasteiger partial charge in [-0.1, -0.05) is 13.8 Å². The van der Waals surface area contributed by atoms with Crippen molar-refractivity contribution in [2.75, 3.05) is 19.6 Å². The first-order chi connectivity index (χ1) is 5.77. The lowest BCUT2D eigenvalue weighted by Gasteiger charge is -2.15. The van der Waals surface area contributed by atoms with Gasteiger partial charge in [0.15, 0.2) is 0 Å². The molecule has 1 saturated heterocycles. The molecule has 0 spiro atoms. The summed E-state index contributed by atoms with van der Waals surface area (Å²) in [6.45, 7) is 6.96. The highest BCUT2D eigenvalue weighted by Crippen LogP contribution is 2.10. The normalized spacial score (nSPS) is 23.7. The number of hydrogen-bond acceptors (Lipinski definition) is 2. The molecule has 1 aliphatic heterocycles. The van der Waals surface area contributed by atoms with Crippen molar-refractivity contribution in [1.82, 2.24) is 10.2 Å². The summed E-state index contributed by atoms with van der Waals surface area (Å²) in [7, 11) is 0. The van der Waals surface area contributed by atoms with Crippen molar-refractivity contribution in [1.29, 1.82) is 0 Å². The van der Waals surface area contributed by atoms with E-state index in [-0.39, 0.29) is 0 Å². The van der Waals surface area contributed by atoms with Crippen LogP contribution in [-0.4, -0.2) is 36.5 Å². The summed E-state index contributed by atoms with van der Waals surface area (Å²) in [5.74, 6) is 0.308. The number of likely N-dealkylation sites (tertiary alicyclic amines) is 1. The zero-order chi connectivity index (χ0) is 8.97. The molecule has 3 nitrogen and oxygen atoms in total. The molecular weight excluding hydrogens is 152 g/mol. The van der Waals surface area contributed by atoms with Gasteiger partial charge in [0.1, 0.15) is 0 Å². The molecule has 1 fully saturated rings. The number of rotatable bonds is 4. The van der Waals surface area contributed by atoms with Gasteiger partial charge in [0, 0.05) is 25.6 Å². The van der Waals surface area contributed by atoms with Crippen LogP contribution >= 0.6 is 0 Å². The fourth-order valence-corrected chi connectivity index (χ4v) is 1.68. The van der Waals surface area contributed by atoms with Gasteiger partial charge in [-0.25, -0.2) is 0 Å². The highest BCUT2D eigenvalue weighted by molar-refractivity contribution is 5.79. The molecule has 1 aliphatic rings. The van der Waals surface area contributed by atoms with E-state index in [1.807, 2.05) is 4.90 Å². The van der Waals surface area contributed by atoms with Crippen LogP contribution in [0.4, 0.5) is 0 Å². The second kappa shape index (κ2) is 4.45. The standard InChI is InChI=1S/C9H18N2O/c1-3-5-11-7-8(10-4-2)6-9(11)12/h8,10H,3-7H2,1-2H3. The lowest BCUT2D eigenvalue weighted by molar-refractivity contribution is -0.127. The minimum absolute atomic E-state index is 0.308. The first-order valence-electron chi connectivity index (χ1n) is 4.79. The highest BCUT2D eigenvalue weighted by Gasteiger charge is 2.27. The molecule has 1 heterocycles. The summed E-state index contributed by atoms with van der Waals surface area (Å²) in [6.07, 6.45) is 1.75. The molecular formula is C9H18N2O. The fraction of sp³-hybridized carbons (Fsp3) is 0.889. The quantitative estimate of drug-likeness (QED) is 0.670. The van der Waals surface area contributed by atoms with E-state index in [4.69, 9.17) is 0 Å². The van der Waals surface area contributed by atoms with Crippen molar-refractivity contribution in [2.24, 2.45) is 0 Å². The third-order valence-electron chi connectivity index (χ3n) is 2.20. The maximum Gasteiger partial charge on any atom is 0.224 e.